The number of nitrogens with zero attached hydrogens (tertiary/aromatic N) is 1. The molecule has 0 spiro atoms. The number of nitrogens with one attached hydrogen (secondary N) is 2. The zero-order valence-electron chi connectivity index (χ0n) is 15.9. The van der Waals surface area contributed by atoms with Crippen molar-refractivity contribution >= 4 is 17.8 Å². The van der Waals surface area contributed by atoms with Crippen LogP contribution < -0.4 is 10.6 Å². The molecule has 0 bridgehead atoms. The molecule has 1 aromatic rings. The Balaban J connectivity index is 1.68. The number of esters is 1. The summed E-state index contributed by atoms with van der Waals surface area (Å²) in [7, 11) is 1.29. The van der Waals surface area contributed by atoms with E-state index in [9.17, 15) is 14.4 Å². The Morgan fingerprint density at radius 2 is 2.07 bits per heavy atom. The summed E-state index contributed by atoms with van der Waals surface area (Å²) < 4.78 is 4.74. The molecule has 1 heterocycles. The smallest absolute Gasteiger partial charge is 0.325 e. The highest BCUT2D eigenvalue weighted by Crippen LogP contribution is 2.24. The minimum absolute atomic E-state index is 0.167. The van der Waals surface area contributed by atoms with Gasteiger partial charge in [-0.25, -0.2) is 0 Å². The van der Waals surface area contributed by atoms with Crippen LogP contribution in [0.2, 0.25) is 0 Å². The summed E-state index contributed by atoms with van der Waals surface area (Å²) in [5.41, 5.74) is 2.64. The minimum atomic E-state index is -0.744. The van der Waals surface area contributed by atoms with Crippen molar-refractivity contribution in [2.24, 2.45) is 0 Å². The number of carbonyl (C=O) groups excluding carboxylic acids is 3. The van der Waals surface area contributed by atoms with Gasteiger partial charge in [0.15, 0.2) is 0 Å². The van der Waals surface area contributed by atoms with Gasteiger partial charge in [0.25, 0.3) is 5.91 Å². The molecule has 7 nitrogen and oxygen atoms in total. The Bertz CT molecular complexity index is 801. The molecular weight excluding hydrogens is 358 g/mol. The minimum Gasteiger partial charge on any atom is -0.468 e. The number of hydrogen-bond acceptors (Lipinski definition) is 5. The summed E-state index contributed by atoms with van der Waals surface area (Å²) in [6, 6.07) is 8.98. The standard InChI is InChI=1S/C21H25N3O4/c1-28-20(26)14-24-18-10-6-5-9-16(18)22-13-17(21(24)27)23-19(25)12-11-15-7-3-2-4-8-15/h2-5,7-9,17,22H,6,10-14H2,1H3,(H,23,25)/t17-/m0/s1. The second-order valence-corrected chi connectivity index (χ2v) is 6.79. The maximum atomic E-state index is 13.1. The predicted octanol–water partition coefficient (Wildman–Crippen LogP) is 1.27. The van der Waals surface area contributed by atoms with Crippen LogP contribution >= 0.6 is 0 Å². The lowest BCUT2D eigenvalue weighted by Crippen LogP contribution is -2.51. The van der Waals surface area contributed by atoms with E-state index in [-0.39, 0.29) is 31.3 Å². The van der Waals surface area contributed by atoms with Gasteiger partial charge in [-0.15, -0.1) is 0 Å². The van der Waals surface area contributed by atoms with Crippen molar-refractivity contribution in [3.63, 3.8) is 0 Å². The number of hydrogen-bond donors (Lipinski definition) is 2. The fourth-order valence-electron chi connectivity index (χ4n) is 3.36. The fraction of sp³-hybridized carbons (Fsp3) is 0.381. The second-order valence-electron chi connectivity index (χ2n) is 6.79. The van der Waals surface area contributed by atoms with Crippen LogP contribution in [0.25, 0.3) is 0 Å². The number of amides is 2. The van der Waals surface area contributed by atoms with E-state index >= 15 is 0 Å². The average Bonchev–Trinajstić information content (AvgIpc) is 2.85. The van der Waals surface area contributed by atoms with Crippen molar-refractivity contribution in [1.82, 2.24) is 15.5 Å². The Morgan fingerprint density at radius 3 is 2.82 bits per heavy atom. The van der Waals surface area contributed by atoms with Gasteiger partial charge in [-0.2, -0.15) is 0 Å². The van der Waals surface area contributed by atoms with Crippen LogP contribution in [0, 0.1) is 0 Å². The molecule has 1 aliphatic carbocycles. The Labute approximate surface area is 164 Å². The van der Waals surface area contributed by atoms with Crippen LogP contribution in [-0.4, -0.2) is 48.9 Å². The number of allylic oxidation sites excluding steroid dienone is 3. The highest BCUT2D eigenvalue weighted by molar-refractivity contribution is 5.91. The van der Waals surface area contributed by atoms with Gasteiger partial charge in [0.2, 0.25) is 5.91 Å². The van der Waals surface area contributed by atoms with Crippen molar-refractivity contribution in [2.45, 2.75) is 31.7 Å². The van der Waals surface area contributed by atoms with Crippen LogP contribution in [0.3, 0.4) is 0 Å². The Kier molecular flexibility index (Phi) is 6.47. The average molecular weight is 383 g/mol. The molecule has 0 unspecified atom stereocenters. The molecule has 0 aromatic heterocycles. The Hall–Kier alpha value is -3.09. The molecule has 3 rings (SSSR count). The zero-order chi connectivity index (χ0) is 19.9. The van der Waals surface area contributed by atoms with E-state index in [1.165, 1.54) is 12.0 Å². The third-order valence-electron chi connectivity index (χ3n) is 4.86. The number of carbonyl (C=O) groups is 3. The normalized spacial score (nSPS) is 18.8. The number of aryl methyl sites for hydroxylation is 1. The van der Waals surface area contributed by atoms with Gasteiger partial charge in [-0.1, -0.05) is 36.4 Å². The van der Waals surface area contributed by atoms with Gasteiger partial charge in [-0.05, 0) is 30.9 Å². The van der Waals surface area contributed by atoms with E-state index in [4.69, 9.17) is 4.74 Å². The summed E-state index contributed by atoms with van der Waals surface area (Å²) in [6.45, 7) is 0.108. The van der Waals surface area contributed by atoms with E-state index < -0.39 is 12.0 Å². The lowest BCUT2D eigenvalue weighted by atomic mass is 10.1. The quantitative estimate of drug-likeness (QED) is 0.723. The van der Waals surface area contributed by atoms with Crippen molar-refractivity contribution in [2.75, 3.05) is 20.2 Å². The number of benzene rings is 1. The van der Waals surface area contributed by atoms with Gasteiger partial charge >= 0.3 is 5.97 Å². The number of methoxy groups -OCH3 is 1. The molecule has 0 saturated carbocycles. The van der Waals surface area contributed by atoms with E-state index in [1.807, 2.05) is 42.5 Å². The SMILES string of the molecule is COC(=O)CN1C(=O)[C@@H](NC(=O)CCc2ccccc2)CNC2=C1CCC=C2. The van der Waals surface area contributed by atoms with Gasteiger partial charge in [-0.3, -0.25) is 14.4 Å². The zero-order valence-corrected chi connectivity index (χ0v) is 15.9. The van der Waals surface area contributed by atoms with Gasteiger partial charge in [0, 0.05) is 18.7 Å². The van der Waals surface area contributed by atoms with Crippen LogP contribution in [0.15, 0.2) is 53.9 Å². The predicted molar refractivity (Wildman–Crippen MR) is 104 cm³/mol. The largest absolute Gasteiger partial charge is 0.468 e. The highest BCUT2D eigenvalue weighted by Gasteiger charge is 2.34. The third-order valence-corrected chi connectivity index (χ3v) is 4.86. The van der Waals surface area contributed by atoms with Crippen molar-refractivity contribution in [1.29, 1.82) is 0 Å². The third kappa shape index (κ3) is 4.79. The monoisotopic (exact) mass is 383 g/mol. The summed E-state index contributed by atoms with van der Waals surface area (Å²) in [5.74, 6) is -0.991. The topological polar surface area (TPSA) is 87.7 Å². The van der Waals surface area contributed by atoms with Crippen molar-refractivity contribution in [3.05, 3.63) is 59.4 Å². The van der Waals surface area contributed by atoms with Gasteiger partial charge < -0.3 is 20.3 Å². The highest BCUT2D eigenvalue weighted by atomic mass is 16.5. The molecule has 1 aliphatic heterocycles. The van der Waals surface area contributed by atoms with Crippen LogP contribution in [0.4, 0.5) is 0 Å². The summed E-state index contributed by atoms with van der Waals surface area (Å²) in [6.07, 6.45) is 6.26. The second kappa shape index (κ2) is 9.21. The molecular formula is C21H25N3O4. The maximum absolute atomic E-state index is 13.1. The molecule has 148 valence electrons. The summed E-state index contributed by atoms with van der Waals surface area (Å²) in [5, 5.41) is 6.04. The van der Waals surface area contributed by atoms with Gasteiger partial charge in [0.1, 0.15) is 12.6 Å². The fourth-order valence-corrected chi connectivity index (χ4v) is 3.36. The molecule has 28 heavy (non-hydrogen) atoms. The first-order valence-electron chi connectivity index (χ1n) is 9.43. The Morgan fingerprint density at radius 1 is 1.29 bits per heavy atom. The molecule has 1 atom stereocenters. The van der Waals surface area contributed by atoms with E-state index in [2.05, 4.69) is 10.6 Å². The number of rotatable bonds is 6. The van der Waals surface area contributed by atoms with Crippen molar-refractivity contribution in [3.8, 4) is 0 Å². The molecule has 2 amide bonds. The first kappa shape index (κ1) is 19.7. The number of ether oxygens (including phenoxy) is 1. The van der Waals surface area contributed by atoms with Crippen molar-refractivity contribution < 1.29 is 19.1 Å². The maximum Gasteiger partial charge on any atom is 0.325 e. The molecule has 2 aliphatic rings. The summed E-state index contributed by atoms with van der Waals surface area (Å²) >= 11 is 0. The molecule has 0 saturated heterocycles. The van der Waals surface area contributed by atoms with E-state index in [0.717, 1.165) is 23.4 Å². The first-order valence-corrected chi connectivity index (χ1v) is 9.43. The van der Waals surface area contributed by atoms with E-state index in [1.54, 1.807) is 0 Å². The van der Waals surface area contributed by atoms with Crippen LogP contribution in [0.1, 0.15) is 24.8 Å². The van der Waals surface area contributed by atoms with Crippen LogP contribution in [0.5, 0.6) is 0 Å². The van der Waals surface area contributed by atoms with E-state index in [0.29, 0.717) is 12.8 Å². The molecule has 0 fully saturated rings. The lowest BCUT2D eigenvalue weighted by Gasteiger charge is -2.27. The molecule has 1 aromatic carbocycles. The molecule has 7 heteroatoms. The molecule has 2 N–H and O–H groups in total. The first-order chi connectivity index (χ1) is 13.6. The summed E-state index contributed by atoms with van der Waals surface area (Å²) in [4.78, 5) is 38.8. The van der Waals surface area contributed by atoms with Crippen LogP contribution in [-0.2, 0) is 25.5 Å². The molecule has 0 radical (unpaired) electrons. The van der Waals surface area contributed by atoms with Gasteiger partial charge in [0.05, 0.1) is 12.8 Å². The lowest BCUT2D eigenvalue weighted by molar-refractivity contribution is -0.146.